The number of hydrogen-bond acceptors (Lipinski definition) is 2. The molecular formula is C11H12BrClN2O. The molecule has 16 heavy (non-hydrogen) atoms. The Bertz CT molecular complexity index is 405. The minimum absolute atomic E-state index is 0.0101. The van der Waals surface area contributed by atoms with Gasteiger partial charge in [0.25, 0.3) is 0 Å². The number of carbonyl (C=O) groups excluding carboxylic acids is 1. The summed E-state index contributed by atoms with van der Waals surface area (Å²) in [6.45, 7) is 0.916. The highest BCUT2D eigenvalue weighted by Gasteiger charge is 2.21. The number of halogens is 2. The van der Waals surface area contributed by atoms with Crippen LogP contribution in [0.2, 0.25) is 5.02 Å². The average molecular weight is 304 g/mol. The third-order valence-electron chi connectivity index (χ3n) is 2.56. The molecule has 3 nitrogen and oxygen atoms in total. The van der Waals surface area contributed by atoms with Gasteiger partial charge in [-0.15, -0.1) is 0 Å². The molecule has 1 saturated heterocycles. The number of carbonyl (C=O) groups is 1. The molecule has 0 spiro atoms. The zero-order chi connectivity index (χ0) is 11.5. The summed E-state index contributed by atoms with van der Waals surface area (Å²) in [6, 6.07) is 5.31. The van der Waals surface area contributed by atoms with Gasteiger partial charge in [-0.2, -0.15) is 0 Å². The van der Waals surface area contributed by atoms with Crippen LogP contribution in [0.25, 0.3) is 0 Å². The second-order valence-electron chi connectivity index (χ2n) is 3.77. The molecule has 1 aromatic rings. The van der Waals surface area contributed by atoms with Gasteiger partial charge in [-0.25, -0.2) is 0 Å². The summed E-state index contributed by atoms with van der Waals surface area (Å²) in [5.74, 6) is 0.0101. The molecule has 86 valence electrons. The molecule has 0 unspecified atom stereocenters. The van der Waals surface area contributed by atoms with Crippen molar-refractivity contribution in [2.45, 2.75) is 18.9 Å². The van der Waals surface area contributed by atoms with Gasteiger partial charge >= 0.3 is 0 Å². The van der Waals surface area contributed by atoms with Crippen LogP contribution >= 0.6 is 27.5 Å². The summed E-state index contributed by atoms with van der Waals surface area (Å²) in [6.07, 6.45) is 1.95. The number of hydrogen-bond donors (Lipinski definition) is 2. The van der Waals surface area contributed by atoms with Crippen LogP contribution in [0.1, 0.15) is 12.8 Å². The maximum Gasteiger partial charge on any atom is 0.241 e. The smallest absolute Gasteiger partial charge is 0.241 e. The monoisotopic (exact) mass is 302 g/mol. The molecule has 1 fully saturated rings. The predicted octanol–water partition coefficient (Wildman–Crippen LogP) is 2.79. The number of benzene rings is 1. The lowest BCUT2D eigenvalue weighted by Gasteiger charge is -2.11. The Morgan fingerprint density at radius 3 is 3.00 bits per heavy atom. The molecule has 1 atom stereocenters. The third kappa shape index (κ3) is 2.75. The molecule has 1 aliphatic rings. The van der Waals surface area contributed by atoms with Crippen molar-refractivity contribution in [3.8, 4) is 0 Å². The lowest BCUT2D eigenvalue weighted by Crippen LogP contribution is -2.35. The van der Waals surface area contributed by atoms with Gasteiger partial charge in [-0.05, 0) is 53.5 Å². The van der Waals surface area contributed by atoms with Gasteiger partial charge in [0, 0.05) is 10.2 Å². The van der Waals surface area contributed by atoms with Crippen molar-refractivity contribution in [2.75, 3.05) is 11.9 Å². The molecule has 0 aromatic heterocycles. The Hall–Kier alpha value is -0.580. The van der Waals surface area contributed by atoms with E-state index in [9.17, 15) is 4.79 Å². The van der Waals surface area contributed by atoms with Gasteiger partial charge in [0.2, 0.25) is 5.91 Å². The standard InChI is InChI=1S/C11H12BrClN2O/c12-8-4-3-7(6-9(8)13)15-11(16)10-2-1-5-14-10/h3-4,6,10,14H,1-2,5H2,(H,15,16)/t10-/m1/s1. The Balaban J connectivity index is 2.02. The third-order valence-corrected chi connectivity index (χ3v) is 3.80. The first-order valence-electron chi connectivity index (χ1n) is 5.16. The summed E-state index contributed by atoms with van der Waals surface area (Å²) in [4.78, 5) is 11.8. The van der Waals surface area contributed by atoms with Crippen LogP contribution in [0.3, 0.4) is 0 Å². The van der Waals surface area contributed by atoms with E-state index in [2.05, 4.69) is 26.6 Å². The summed E-state index contributed by atoms with van der Waals surface area (Å²) >= 11 is 9.25. The highest BCUT2D eigenvalue weighted by atomic mass is 79.9. The van der Waals surface area contributed by atoms with E-state index in [1.165, 1.54) is 0 Å². The van der Waals surface area contributed by atoms with Crippen LogP contribution in [0.5, 0.6) is 0 Å². The summed E-state index contributed by atoms with van der Waals surface area (Å²) in [5, 5.41) is 6.59. The second-order valence-corrected chi connectivity index (χ2v) is 5.03. The minimum atomic E-state index is -0.0672. The van der Waals surface area contributed by atoms with Crippen molar-refractivity contribution >= 4 is 39.1 Å². The second kappa shape index (κ2) is 5.17. The Kier molecular flexibility index (Phi) is 3.84. The van der Waals surface area contributed by atoms with Gasteiger partial charge in [0.15, 0.2) is 0 Å². The molecule has 0 bridgehead atoms. The maximum atomic E-state index is 11.8. The maximum absolute atomic E-state index is 11.8. The first-order valence-corrected chi connectivity index (χ1v) is 6.33. The van der Waals surface area contributed by atoms with Crippen molar-refractivity contribution in [3.63, 3.8) is 0 Å². The lowest BCUT2D eigenvalue weighted by atomic mass is 10.2. The Labute approximate surface area is 108 Å². The molecule has 1 aliphatic heterocycles. The quantitative estimate of drug-likeness (QED) is 0.882. The van der Waals surface area contributed by atoms with E-state index < -0.39 is 0 Å². The zero-order valence-electron chi connectivity index (χ0n) is 8.59. The van der Waals surface area contributed by atoms with Crippen molar-refractivity contribution in [3.05, 3.63) is 27.7 Å². The van der Waals surface area contributed by atoms with Gasteiger partial charge in [0.1, 0.15) is 0 Å². The lowest BCUT2D eigenvalue weighted by molar-refractivity contribution is -0.117. The molecular weight excluding hydrogens is 291 g/mol. The number of amides is 1. The SMILES string of the molecule is O=C(Nc1ccc(Br)c(Cl)c1)[C@H]1CCCN1. The van der Waals surface area contributed by atoms with E-state index in [1.807, 2.05) is 12.1 Å². The first kappa shape index (κ1) is 11.9. The van der Waals surface area contributed by atoms with Gasteiger partial charge in [0.05, 0.1) is 11.1 Å². The normalized spacial score (nSPS) is 19.8. The van der Waals surface area contributed by atoms with Crippen LogP contribution in [0, 0.1) is 0 Å². The highest BCUT2D eigenvalue weighted by molar-refractivity contribution is 9.10. The molecule has 1 amide bonds. The highest BCUT2D eigenvalue weighted by Crippen LogP contribution is 2.25. The molecule has 0 aliphatic carbocycles. The van der Waals surface area contributed by atoms with Crippen LogP contribution in [-0.2, 0) is 4.79 Å². The fourth-order valence-corrected chi connectivity index (χ4v) is 2.14. The van der Waals surface area contributed by atoms with E-state index >= 15 is 0 Å². The van der Waals surface area contributed by atoms with Crippen molar-refractivity contribution in [1.29, 1.82) is 0 Å². The van der Waals surface area contributed by atoms with Crippen molar-refractivity contribution in [2.24, 2.45) is 0 Å². The first-order chi connectivity index (χ1) is 7.66. The number of rotatable bonds is 2. The van der Waals surface area contributed by atoms with Crippen LogP contribution in [-0.4, -0.2) is 18.5 Å². The topological polar surface area (TPSA) is 41.1 Å². The minimum Gasteiger partial charge on any atom is -0.325 e. The summed E-state index contributed by atoms with van der Waals surface area (Å²) in [5.41, 5.74) is 0.729. The van der Waals surface area contributed by atoms with Gasteiger partial charge < -0.3 is 10.6 Å². The zero-order valence-corrected chi connectivity index (χ0v) is 10.9. The molecule has 2 rings (SSSR count). The van der Waals surface area contributed by atoms with E-state index in [1.54, 1.807) is 6.07 Å². The van der Waals surface area contributed by atoms with Crippen LogP contribution < -0.4 is 10.6 Å². The van der Waals surface area contributed by atoms with E-state index in [0.717, 1.165) is 29.5 Å². The van der Waals surface area contributed by atoms with Crippen molar-refractivity contribution in [1.82, 2.24) is 5.32 Å². The summed E-state index contributed by atoms with van der Waals surface area (Å²) in [7, 11) is 0. The molecule has 1 heterocycles. The number of anilines is 1. The van der Waals surface area contributed by atoms with Gasteiger partial charge in [-0.1, -0.05) is 11.6 Å². The van der Waals surface area contributed by atoms with Crippen LogP contribution in [0.4, 0.5) is 5.69 Å². The van der Waals surface area contributed by atoms with Crippen LogP contribution in [0.15, 0.2) is 22.7 Å². The van der Waals surface area contributed by atoms with Crippen molar-refractivity contribution < 1.29 is 4.79 Å². The predicted molar refractivity (Wildman–Crippen MR) is 68.8 cm³/mol. The molecule has 5 heteroatoms. The average Bonchev–Trinajstić information content (AvgIpc) is 2.77. The molecule has 1 aromatic carbocycles. The van der Waals surface area contributed by atoms with Gasteiger partial charge in [-0.3, -0.25) is 4.79 Å². The Morgan fingerprint density at radius 1 is 1.56 bits per heavy atom. The molecule has 2 N–H and O–H groups in total. The Morgan fingerprint density at radius 2 is 2.38 bits per heavy atom. The summed E-state index contributed by atoms with van der Waals surface area (Å²) < 4.78 is 0.825. The van der Waals surface area contributed by atoms with E-state index in [0.29, 0.717) is 5.02 Å². The fourth-order valence-electron chi connectivity index (χ4n) is 1.71. The van der Waals surface area contributed by atoms with E-state index in [4.69, 9.17) is 11.6 Å². The molecule has 0 saturated carbocycles. The fraction of sp³-hybridized carbons (Fsp3) is 0.364. The molecule has 0 radical (unpaired) electrons. The largest absolute Gasteiger partial charge is 0.325 e. The van der Waals surface area contributed by atoms with E-state index in [-0.39, 0.29) is 11.9 Å². The number of nitrogens with one attached hydrogen (secondary N) is 2.